The molecule has 0 aliphatic heterocycles. The SMILES string of the molecule is CCC(C)(CN)C(=O)Nc1ccc(NC(C)=O)cc1. The van der Waals surface area contributed by atoms with E-state index in [-0.39, 0.29) is 11.8 Å². The lowest BCUT2D eigenvalue weighted by molar-refractivity contribution is -0.124. The Morgan fingerprint density at radius 2 is 1.63 bits per heavy atom. The molecule has 0 radical (unpaired) electrons. The van der Waals surface area contributed by atoms with Crippen molar-refractivity contribution in [2.45, 2.75) is 27.2 Å². The van der Waals surface area contributed by atoms with Crippen LogP contribution in [0.1, 0.15) is 27.2 Å². The van der Waals surface area contributed by atoms with Gasteiger partial charge in [0.05, 0.1) is 5.41 Å². The number of hydrogen-bond donors (Lipinski definition) is 3. The normalized spacial score (nSPS) is 13.5. The fourth-order valence-electron chi connectivity index (χ4n) is 1.52. The number of nitrogens with one attached hydrogen (secondary N) is 2. The standard InChI is InChI=1S/C14H21N3O2/c1-4-14(3,9-15)13(19)17-12-7-5-11(6-8-12)16-10(2)18/h5-8H,4,9,15H2,1-3H3,(H,16,18)(H,17,19). The molecule has 1 rings (SSSR count). The Balaban J connectivity index is 2.73. The number of amides is 2. The molecule has 0 aromatic heterocycles. The molecule has 1 aromatic carbocycles. The smallest absolute Gasteiger partial charge is 0.231 e. The van der Waals surface area contributed by atoms with Crippen molar-refractivity contribution in [2.24, 2.45) is 11.1 Å². The van der Waals surface area contributed by atoms with Gasteiger partial charge in [0.15, 0.2) is 0 Å². The third-order valence-corrected chi connectivity index (χ3v) is 3.24. The largest absolute Gasteiger partial charge is 0.329 e. The van der Waals surface area contributed by atoms with E-state index in [0.29, 0.717) is 24.3 Å². The number of anilines is 2. The molecule has 0 spiro atoms. The van der Waals surface area contributed by atoms with Crippen LogP contribution in [0, 0.1) is 5.41 Å². The first kappa shape index (κ1) is 15.2. The van der Waals surface area contributed by atoms with Crippen molar-refractivity contribution in [2.75, 3.05) is 17.2 Å². The third kappa shape index (κ3) is 4.06. The van der Waals surface area contributed by atoms with Crippen LogP contribution in [0.2, 0.25) is 0 Å². The van der Waals surface area contributed by atoms with Crippen molar-refractivity contribution >= 4 is 23.2 Å². The van der Waals surface area contributed by atoms with Gasteiger partial charge in [0.2, 0.25) is 11.8 Å². The van der Waals surface area contributed by atoms with Gasteiger partial charge < -0.3 is 16.4 Å². The van der Waals surface area contributed by atoms with Crippen LogP contribution in [0.5, 0.6) is 0 Å². The lowest BCUT2D eigenvalue weighted by atomic mass is 9.86. The maximum absolute atomic E-state index is 12.1. The zero-order chi connectivity index (χ0) is 14.5. The summed E-state index contributed by atoms with van der Waals surface area (Å²) in [5.41, 5.74) is 6.47. The van der Waals surface area contributed by atoms with E-state index in [1.165, 1.54) is 6.92 Å². The van der Waals surface area contributed by atoms with Crippen LogP contribution in [-0.4, -0.2) is 18.4 Å². The fraction of sp³-hybridized carbons (Fsp3) is 0.429. The van der Waals surface area contributed by atoms with Gasteiger partial charge in [-0.25, -0.2) is 0 Å². The molecule has 0 saturated heterocycles. The van der Waals surface area contributed by atoms with E-state index in [0.717, 1.165) is 0 Å². The Labute approximate surface area is 113 Å². The second kappa shape index (κ2) is 6.33. The highest BCUT2D eigenvalue weighted by Crippen LogP contribution is 2.22. The van der Waals surface area contributed by atoms with Crippen molar-refractivity contribution < 1.29 is 9.59 Å². The highest BCUT2D eigenvalue weighted by Gasteiger charge is 2.29. The molecule has 19 heavy (non-hydrogen) atoms. The van der Waals surface area contributed by atoms with Crippen LogP contribution in [0.25, 0.3) is 0 Å². The first-order chi connectivity index (χ1) is 8.91. The first-order valence-electron chi connectivity index (χ1n) is 6.30. The lowest BCUT2D eigenvalue weighted by Gasteiger charge is -2.24. The average molecular weight is 263 g/mol. The molecule has 104 valence electrons. The Kier molecular flexibility index (Phi) is 5.06. The summed E-state index contributed by atoms with van der Waals surface area (Å²) in [4.78, 5) is 23.0. The third-order valence-electron chi connectivity index (χ3n) is 3.24. The predicted molar refractivity (Wildman–Crippen MR) is 76.8 cm³/mol. The van der Waals surface area contributed by atoms with Crippen molar-refractivity contribution in [3.05, 3.63) is 24.3 Å². The minimum Gasteiger partial charge on any atom is -0.329 e. The maximum atomic E-state index is 12.1. The van der Waals surface area contributed by atoms with Gasteiger partial charge in [-0.3, -0.25) is 9.59 Å². The van der Waals surface area contributed by atoms with Crippen LogP contribution in [0.4, 0.5) is 11.4 Å². The van der Waals surface area contributed by atoms with Crippen LogP contribution in [-0.2, 0) is 9.59 Å². The monoisotopic (exact) mass is 263 g/mol. The number of carbonyl (C=O) groups excluding carboxylic acids is 2. The van der Waals surface area contributed by atoms with E-state index in [4.69, 9.17) is 5.73 Å². The quantitative estimate of drug-likeness (QED) is 0.759. The number of rotatable bonds is 5. The Bertz CT molecular complexity index is 450. The number of hydrogen-bond acceptors (Lipinski definition) is 3. The second-order valence-corrected chi connectivity index (χ2v) is 4.83. The zero-order valence-corrected chi connectivity index (χ0v) is 11.6. The van der Waals surface area contributed by atoms with Crippen LogP contribution < -0.4 is 16.4 Å². The number of benzene rings is 1. The highest BCUT2D eigenvalue weighted by atomic mass is 16.2. The Morgan fingerprint density at radius 1 is 1.16 bits per heavy atom. The lowest BCUT2D eigenvalue weighted by Crippen LogP contribution is -2.39. The second-order valence-electron chi connectivity index (χ2n) is 4.83. The molecule has 0 heterocycles. The van der Waals surface area contributed by atoms with Crippen LogP contribution >= 0.6 is 0 Å². The summed E-state index contributed by atoms with van der Waals surface area (Å²) < 4.78 is 0. The number of carbonyl (C=O) groups is 2. The van der Waals surface area contributed by atoms with Gasteiger partial charge in [0.1, 0.15) is 0 Å². The van der Waals surface area contributed by atoms with E-state index < -0.39 is 5.41 Å². The molecule has 0 bridgehead atoms. The Morgan fingerprint density at radius 3 is 2.00 bits per heavy atom. The molecule has 0 aliphatic rings. The molecule has 5 heteroatoms. The molecule has 1 unspecified atom stereocenters. The molecule has 0 fully saturated rings. The van der Waals surface area contributed by atoms with E-state index in [1.807, 2.05) is 13.8 Å². The molecular formula is C14H21N3O2. The summed E-state index contributed by atoms with van der Waals surface area (Å²) in [7, 11) is 0. The zero-order valence-electron chi connectivity index (χ0n) is 11.6. The van der Waals surface area contributed by atoms with Gasteiger partial charge in [-0.05, 0) is 37.6 Å². The summed E-state index contributed by atoms with van der Waals surface area (Å²) in [5.74, 6) is -0.219. The van der Waals surface area contributed by atoms with Crippen molar-refractivity contribution in [1.82, 2.24) is 0 Å². The summed E-state index contributed by atoms with van der Waals surface area (Å²) >= 11 is 0. The van der Waals surface area contributed by atoms with Crippen LogP contribution in [0.15, 0.2) is 24.3 Å². The van der Waals surface area contributed by atoms with E-state index >= 15 is 0 Å². The van der Waals surface area contributed by atoms with Gasteiger partial charge in [-0.15, -0.1) is 0 Å². The summed E-state index contributed by atoms with van der Waals surface area (Å²) in [6.07, 6.45) is 0.680. The fourth-order valence-corrected chi connectivity index (χ4v) is 1.52. The maximum Gasteiger partial charge on any atom is 0.231 e. The molecule has 0 saturated carbocycles. The highest BCUT2D eigenvalue weighted by molar-refractivity contribution is 5.95. The summed E-state index contributed by atoms with van der Waals surface area (Å²) in [6, 6.07) is 6.97. The first-order valence-corrected chi connectivity index (χ1v) is 6.30. The van der Waals surface area contributed by atoms with Gasteiger partial charge in [0, 0.05) is 24.8 Å². The average Bonchev–Trinajstić information content (AvgIpc) is 2.39. The molecule has 0 aliphatic carbocycles. The van der Waals surface area contributed by atoms with Gasteiger partial charge in [-0.1, -0.05) is 6.92 Å². The van der Waals surface area contributed by atoms with E-state index in [2.05, 4.69) is 10.6 Å². The predicted octanol–water partition coefficient (Wildman–Crippen LogP) is 1.96. The minimum absolute atomic E-state index is 0.0928. The van der Waals surface area contributed by atoms with Crippen molar-refractivity contribution in [3.8, 4) is 0 Å². The molecule has 1 aromatic rings. The topological polar surface area (TPSA) is 84.2 Å². The van der Waals surface area contributed by atoms with Crippen molar-refractivity contribution in [3.63, 3.8) is 0 Å². The molecule has 4 N–H and O–H groups in total. The van der Waals surface area contributed by atoms with E-state index in [1.54, 1.807) is 24.3 Å². The Hall–Kier alpha value is -1.88. The number of nitrogens with two attached hydrogens (primary N) is 1. The van der Waals surface area contributed by atoms with E-state index in [9.17, 15) is 9.59 Å². The van der Waals surface area contributed by atoms with Gasteiger partial charge in [0.25, 0.3) is 0 Å². The molecular weight excluding hydrogens is 242 g/mol. The van der Waals surface area contributed by atoms with Gasteiger partial charge in [-0.2, -0.15) is 0 Å². The van der Waals surface area contributed by atoms with Crippen LogP contribution in [0.3, 0.4) is 0 Å². The summed E-state index contributed by atoms with van der Waals surface area (Å²) in [6.45, 7) is 5.53. The minimum atomic E-state index is -0.559. The molecule has 2 amide bonds. The van der Waals surface area contributed by atoms with Crippen molar-refractivity contribution in [1.29, 1.82) is 0 Å². The molecule has 5 nitrogen and oxygen atoms in total. The van der Waals surface area contributed by atoms with Gasteiger partial charge >= 0.3 is 0 Å². The molecule has 1 atom stereocenters. The summed E-state index contributed by atoms with van der Waals surface area (Å²) in [5, 5.41) is 5.50.